The van der Waals surface area contributed by atoms with E-state index in [0.717, 1.165) is 5.56 Å². The summed E-state index contributed by atoms with van der Waals surface area (Å²) in [7, 11) is 1.58. The first-order chi connectivity index (χ1) is 13.5. The van der Waals surface area contributed by atoms with Gasteiger partial charge in [-0.05, 0) is 36.8 Å². The average Bonchev–Trinajstić information content (AvgIpc) is 3.23. The number of nitrogens with zero attached hydrogens (tertiary/aromatic N) is 3. The first kappa shape index (κ1) is 19.6. The van der Waals surface area contributed by atoms with Gasteiger partial charge in [0.25, 0.3) is 11.5 Å². The summed E-state index contributed by atoms with van der Waals surface area (Å²) in [5.74, 6) is 0.445. The smallest absolute Gasteiger partial charge is 0.266 e. The number of aliphatic hydroxyl groups excluding tert-OH is 1. The molecule has 0 unspecified atom stereocenters. The lowest BCUT2D eigenvalue weighted by molar-refractivity contribution is 0.0545. The number of aryl methyl sites for hydroxylation is 1. The molecular formula is C21H23N3O4. The van der Waals surface area contributed by atoms with Gasteiger partial charge < -0.3 is 14.4 Å². The lowest BCUT2D eigenvalue weighted by Gasteiger charge is -2.29. The van der Waals surface area contributed by atoms with Crippen LogP contribution in [-0.2, 0) is 13.6 Å². The molecule has 146 valence electrons. The Morgan fingerprint density at radius 1 is 1.25 bits per heavy atom. The maximum absolute atomic E-state index is 13.2. The minimum atomic E-state index is -0.322. The summed E-state index contributed by atoms with van der Waals surface area (Å²) in [5, 5.41) is 14.0. The van der Waals surface area contributed by atoms with Crippen LogP contribution in [0, 0.1) is 0 Å². The molecule has 2 aromatic heterocycles. The Morgan fingerprint density at radius 3 is 2.71 bits per heavy atom. The molecule has 28 heavy (non-hydrogen) atoms. The Balaban J connectivity index is 1.94. The molecule has 3 rings (SSSR count). The van der Waals surface area contributed by atoms with Crippen LogP contribution in [0.1, 0.15) is 29.5 Å². The van der Waals surface area contributed by atoms with E-state index in [1.54, 1.807) is 54.6 Å². The van der Waals surface area contributed by atoms with Gasteiger partial charge >= 0.3 is 0 Å². The first-order valence-corrected chi connectivity index (χ1v) is 9.12. The molecule has 0 aliphatic heterocycles. The molecule has 0 saturated carbocycles. The largest absolute Gasteiger partial charge is 0.467 e. The maximum Gasteiger partial charge on any atom is 0.266 e. The first-order valence-electron chi connectivity index (χ1n) is 9.12. The lowest BCUT2D eigenvalue weighted by atomic mass is 10.1. The van der Waals surface area contributed by atoms with Gasteiger partial charge in [0, 0.05) is 24.2 Å². The zero-order valence-corrected chi connectivity index (χ0v) is 15.9. The fraction of sp³-hybridized carbons (Fsp3) is 0.286. The standard InChI is InChI=1S/C21H23N3O4/c1-3-17(14-25)24(13-18-8-5-11-28-18)21(27)16-7-4-6-15(12-16)19-9-10-20(26)23(2)22-19/h4-12,17,25H,3,13-14H2,1-2H3/t17-/m0/s1. The normalized spacial score (nSPS) is 12.0. The van der Waals surface area contributed by atoms with Gasteiger partial charge in [0.05, 0.1) is 31.2 Å². The van der Waals surface area contributed by atoms with E-state index in [2.05, 4.69) is 5.10 Å². The maximum atomic E-state index is 13.2. The van der Waals surface area contributed by atoms with Gasteiger partial charge in [-0.15, -0.1) is 0 Å². The van der Waals surface area contributed by atoms with Crippen molar-refractivity contribution in [3.05, 3.63) is 76.5 Å². The van der Waals surface area contributed by atoms with Gasteiger partial charge in [0.15, 0.2) is 0 Å². The molecule has 0 radical (unpaired) electrons. The highest BCUT2D eigenvalue weighted by Gasteiger charge is 2.24. The third-order valence-electron chi connectivity index (χ3n) is 4.66. The second-order valence-electron chi connectivity index (χ2n) is 6.52. The van der Waals surface area contributed by atoms with Gasteiger partial charge in [-0.25, -0.2) is 4.68 Å². The molecule has 0 saturated heterocycles. The van der Waals surface area contributed by atoms with E-state index in [1.807, 2.05) is 13.0 Å². The molecule has 0 aliphatic rings. The second kappa shape index (κ2) is 8.67. The van der Waals surface area contributed by atoms with E-state index in [-0.39, 0.29) is 30.7 Å². The van der Waals surface area contributed by atoms with Crippen LogP contribution < -0.4 is 5.56 Å². The predicted octanol–water partition coefficient (Wildman–Crippen LogP) is 2.45. The minimum absolute atomic E-state index is 0.134. The van der Waals surface area contributed by atoms with Crippen LogP contribution in [0.25, 0.3) is 11.3 Å². The fourth-order valence-electron chi connectivity index (χ4n) is 3.02. The molecule has 2 heterocycles. The number of furan rings is 1. The fourth-order valence-corrected chi connectivity index (χ4v) is 3.02. The quantitative estimate of drug-likeness (QED) is 0.679. The number of hydrogen-bond acceptors (Lipinski definition) is 5. The summed E-state index contributed by atoms with van der Waals surface area (Å²) in [6.45, 7) is 2.06. The van der Waals surface area contributed by atoms with Gasteiger partial charge in [-0.1, -0.05) is 19.1 Å². The highest BCUT2D eigenvalue weighted by Crippen LogP contribution is 2.21. The Kier molecular flexibility index (Phi) is 6.06. The number of benzene rings is 1. The highest BCUT2D eigenvalue weighted by molar-refractivity contribution is 5.95. The van der Waals surface area contributed by atoms with Crippen LogP contribution >= 0.6 is 0 Å². The van der Waals surface area contributed by atoms with Gasteiger partial charge in [0.1, 0.15) is 5.76 Å². The zero-order valence-electron chi connectivity index (χ0n) is 15.9. The summed E-state index contributed by atoms with van der Waals surface area (Å²) >= 11 is 0. The monoisotopic (exact) mass is 381 g/mol. The Hall–Kier alpha value is -3.19. The van der Waals surface area contributed by atoms with E-state index in [4.69, 9.17) is 4.42 Å². The van der Waals surface area contributed by atoms with Crippen molar-refractivity contribution in [2.45, 2.75) is 25.9 Å². The van der Waals surface area contributed by atoms with E-state index in [0.29, 0.717) is 23.4 Å². The average molecular weight is 381 g/mol. The molecule has 0 spiro atoms. The molecule has 7 nitrogen and oxygen atoms in total. The molecule has 0 aliphatic carbocycles. The van der Waals surface area contributed by atoms with Gasteiger partial charge in [-0.3, -0.25) is 9.59 Å². The van der Waals surface area contributed by atoms with Gasteiger partial charge in [-0.2, -0.15) is 5.10 Å². The summed E-state index contributed by atoms with van der Waals surface area (Å²) in [6.07, 6.45) is 2.18. The van der Waals surface area contributed by atoms with Crippen molar-refractivity contribution in [1.29, 1.82) is 0 Å². The third kappa shape index (κ3) is 4.20. The van der Waals surface area contributed by atoms with Crippen LogP contribution in [0.3, 0.4) is 0 Å². The zero-order chi connectivity index (χ0) is 20.1. The van der Waals surface area contributed by atoms with Crippen LogP contribution in [-0.4, -0.2) is 38.3 Å². The predicted molar refractivity (Wildman–Crippen MR) is 105 cm³/mol. The number of carbonyl (C=O) groups is 1. The Bertz CT molecular complexity index is 991. The van der Waals surface area contributed by atoms with E-state index < -0.39 is 0 Å². The van der Waals surface area contributed by atoms with Crippen molar-refractivity contribution in [3.63, 3.8) is 0 Å². The molecule has 0 fully saturated rings. The molecular weight excluding hydrogens is 358 g/mol. The summed E-state index contributed by atoms with van der Waals surface area (Å²) in [6, 6.07) is 13.4. The van der Waals surface area contributed by atoms with Crippen LogP contribution in [0.5, 0.6) is 0 Å². The van der Waals surface area contributed by atoms with Crippen molar-refractivity contribution < 1.29 is 14.3 Å². The third-order valence-corrected chi connectivity index (χ3v) is 4.66. The van der Waals surface area contributed by atoms with E-state index >= 15 is 0 Å². The van der Waals surface area contributed by atoms with Crippen molar-refractivity contribution >= 4 is 5.91 Å². The molecule has 1 amide bonds. The molecule has 1 aromatic carbocycles. The van der Waals surface area contributed by atoms with Crippen molar-refractivity contribution in [2.24, 2.45) is 7.05 Å². The van der Waals surface area contributed by atoms with Crippen molar-refractivity contribution in [3.8, 4) is 11.3 Å². The SMILES string of the molecule is CC[C@@H](CO)N(Cc1ccco1)C(=O)c1cccc(-c2ccc(=O)n(C)n2)c1. The van der Waals surface area contributed by atoms with Gasteiger partial charge in [0.2, 0.25) is 0 Å². The number of hydrogen-bond donors (Lipinski definition) is 1. The molecule has 1 N–H and O–H groups in total. The Morgan fingerprint density at radius 2 is 2.07 bits per heavy atom. The van der Waals surface area contributed by atoms with Crippen LogP contribution in [0.15, 0.2) is 64.0 Å². The number of rotatable bonds is 7. The number of carbonyl (C=O) groups excluding carboxylic acids is 1. The van der Waals surface area contributed by atoms with E-state index in [9.17, 15) is 14.7 Å². The van der Waals surface area contributed by atoms with Crippen molar-refractivity contribution in [2.75, 3.05) is 6.61 Å². The van der Waals surface area contributed by atoms with E-state index in [1.165, 1.54) is 10.7 Å². The number of amides is 1. The topological polar surface area (TPSA) is 88.6 Å². The minimum Gasteiger partial charge on any atom is -0.467 e. The summed E-state index contributed by atoms with van der Waals surface area (Å²) < 4.78 is 6.64. The molecule has 3 aromatic rings. The highest BCUT2D eigenvalue weighted by atomic mass is 16.3. The molecule has 0 bridgehead atoms. The van der Waals surface area contributed by atoms with Crippen LogP contribution in [0.2, 0.25) is 0 Å². The van der Waals surface area contributed by atoms with Crippen LogP contribution in [0.4, 0.5) is 0 Å². The van der Waals surface area contributed by atoms with Crippen molar-refractivity contribution in [1.82, 2.24) is 14.7 Å². The molecule has 7 heteroatoms. The number of aromatic nitrogens is 2. The second-order valence-corrected chi connectivity index (χ2v) is 6.52. The molecule has 1 atom stereocenters. The number of aliphatic hydroxyl groups is 1. The summed E-state index contributed by atoms with van der Waals surface area (Å²) in [5.41, 5.74) is 1.61. The Labute approximate surface area is 162 Å². The lowest BCUT2D eigenvalue weighted by Crippen LogP contribution is -2.41. The summed E-state index contributed by atoms with van der Waals surface area (Å²) in [4.78, 5) is 26.4.